The van der Waals surface area contributed by atoms with E-state index in [1.165, 1.54) is 10.3 Å². The molecular weight excluding hydrogens is 398 g/mol. The van der Waals surface area contributed by atoms with E-state index in [9.17, 15) is 4.79 Å². The molecule has 2 aromatic carbocycles. The fourth-order valence-corrected chi connectivity index (χ4v) is 5.16. The lowest BCUT2D eigenvalue weighted by atomic mass is 10.1. The Morgan fingerprint density at radius 2 is 1.69 bits per heavy atom. The molecule has 0 N–H and O–H groups in total. The predicted molar refractivity (Wildman–Crippen MR) is 126 cm³/mol. The van der Waals surface area contributed by atoms with Gasteiger partial charge in [-0.25, -0.2) is 4.98 Å². The lowest BCUT2D eigenvalue weighted by Crippen LogP contribution is -2.39. The van der Waals surface area contributed by atoms with Crippen molar-refractivity contribution in [3.05, 3.63) is 53.6 Å². The standard InChI is InChI=1S/C23H29N3OS2/c1-5-25(6-2)14-15-26(20(27)16-28-19-10-8-7-9-11-19)23-24-21-17(3)12-13-18(4)22(21)29-23/h7-13H,5-6,14-16H2,1-4H3. The molecule has 0 saturated carbocycles. The average molecular weight is 428 g/mol. The molecule has 0 fully saturated rings. The van der Waals surface area contributed by atoms with Crippen LogP contribution in [0.3, 0.4) is 0 Å². The van der Waals surface area contributed by atoms with Gasteiger partial charge in [-0.2, -0.15) is 0 Å². The summed E-state index contributed by atoms with van der Waals surface area (Å²) in [5, 5.41) is 0.809. The molecule has 0 aliphatic heterocycles. The van der Waals surface area contributed by atoms with E-state index in [1.54, 1.807) is 23.1 Å². The van der Waals surface area contributed by atoms with E-state index in [-0.39, 0.29) is 5.91 Å². The zero-order valence-electron chi connectivity index (χ0n) is 17.6. The molecule has 1 aromatic heterocycles. The molecule has 154 valence electrons. The zero-order valence-corrected chi connectivity index (χ0v) is 19.3. The number of thiazole rings is 1. The van der Waals surface area contributed by atoms with Gasteiger partial charge in [0, 0.05) is 18.0 Å². The summed E-state index contributed by atoms with van der Waals surface area (Å²) in [4.78, 5) is 23.4. The Hall–Kier alpha value is -1.89. The summed E-state index contributed by atoms with van der Waals surface area (Å²) < 4.78 is 1.18. The Bertz CT molecular complexity index is 912. The first-order chi connectivity index (χ1) is 14.0. The third-order valence-corrected chi connectivity index (χ3v) is 7.31. The monoisotopic (exact) mass is 427 g/mol. The van der Waals surface area contributed by atoms with E-state index in [2.05, 4.69) is 44.7 Å². The highest BCUT2D eigenvalue weighted by Crippen LogP contribution is 2.33. The maximum absolute atomic E-state index is 13.2. The third-order valence-electron chi connectivity index (χ3n) is 5.10. The molecule has 3 aromatic rings. The first-order valence-corrected chi connectivity index (χ1v) is 11.9. The van der Waals surface area contributed by atoms with Crippen molar-refractivity contribution < 1.29 is 4.79 Å². The van der Waals surface area contributed by atoms with Crippen molar-refractivity contribution >= 4 is 44.4 Å². The highest BCUT2D eigenvalue weighted by Gasteiger charge is 2.21. The maximum atomic E-state index is 13.2. The van der Waals surface area contributed by atoms with Gasteiger partial charge in [0.25, 0.3) is 0 Å². The topological polar surface area (TPSA) is 36.4 Å². The van der Waals surface area contributed by atoms with Crippen molar-refractivity contribution in [1.82, 2.24) is 9.88 Å². The minimum Gasteiger partial charge on any atom is -0.302 e. The number of hydrogen-bond donors (Lipinski definition) is 0. The number of anilines is 1. The maximum Gasteiger partial charge on any atom is 0.239 e. The molecule has 0 aliphatic carbocycles. The molecule has 0 atom stereocenters. The van der Waals surface area contributed by atoms with Gasteiger partial charge in [0.1, 0.15) is 0 Å². The predicted octanol–water partition coefficient (Wildman–Crippen LogP) is 5.38. The molecule has 0 saturated heterocycles. The van der Waals surface area contributed by atoms with Gasteiger partial charge in [0.05, 0.1) is 16.0 Å². The number of aromatic nitrogens is 1. The average Bonchev–Trinajstić information content (AvgIpc) is 3.19. The normalized spacial score (nSPS) is 11.3. The second kappa shape index (κ2) is 10.2. The second-order valence-corrected chi connectivity index (χ2v) is 9.07. The summed E-state index contributed by atoms with van der Waals surface area (Å²) in [5.74, 6) is 0.524. The summed E-state index contributed by atoms with van der Waals surface area (Å²) in [5.41, 5.74) is 3.38. The highest BCUT2D eigenvalue weighted by molar-refractivity contribution is 8.00. The van der Waals surface area contributed by atoms with Crippen LogP contribution in [0.25, 0.3) is 10.2 Å². The number of carbonyl (C=O) groups is 1. The van der Waals surface area contributed by atoms with E-state index in [1.807, 2.05) is 35.2 Å². The molecule has 6 heteroatoms. The van der Waals surface area contributed by atoms with Crippen molar-refractivity contribution in [2.45, 2.75) is 32.6 Å². The fourth-order valence-electron chi connectivity index (χ4n) is 3.21. The number of hydrogen-bond acceptors (Lipinski definition) is 5. The third kappa shape index (κ3) is 5.38. The number of carbonyl (C=O) groups excluding carboxylic acids is 1. The summed E-state index contributed by atoms with van der Waals surface area (Å²) in [6.45, 7) is 12.0. The molecule has 4 nitrogen and oxygen atoms in total. The van der Waals surface area contributed by atoms with E-state index in [0.717, 1.165) is 40.7 Å². The van der Waals surface area contributed by atoms with Crippen LogP contribution in [0.2, 0.25) is 0 Å². The molecule has 1 heterocycles. The molecule has 1 amide bonds. The number of likely N-dealkylation sites (N-methyl/N-ethyl adjacent to an activating group) is 1. The van der Waals surface area contributed by atoms with Crippen LogP contribution in [0.1, 0.15) is 25.0 Å². The number of fused-ring (bicyclic) bond motifs is 1. The smallest absolute Gasteiger partial charge is 0.239 e. The van der Waals surface area contributed by atoms with Crippen LogP contribution in [0.5, 0.6) is 0 Å². The lowest BCUT2D eigenvalue weighted by molar-refractivity contribution is -0.116. The van der Waals surface area contributed by atoms with E-state index >= 15 is 0 Å². The molecule has 0 radical (unpaired) electrons. The largest absolute Gasteiger partial charge is 0.302 e. The van der Waals surface area contributed by atoms with Gasteiger partial charge in [0.2, 0.25) is 5.91 Å². The van der Waals surface area contributed by atoms with Crippen LogP contribution < -0.4 is 4.90 Å². The minimum atomic E-state index is 0.111. The molecule has 29 heavy (non-hydrogen) atoms. The Balaban J connectivity index is 1.85. The Morgan fingerprint density at radius 3 is 2.34 bits per heavy atom. The minimum absolute atomic E-state index is 0.111. The first-order valence-electron chi connectivity index (χ1n) is 10.1. The van der Waals surface area contributed by atoms with Gasteiger partial charge in [-0.1, -0.05) is 55.5 Å². The van der Waals surface area contributed by atoms with Crippen LogP contribution in [0.15, 0.2) is 47.4 Å². The van der Waals surface area contributed by atoms with Crippen molar-refractivity contribution in [2.75, 3.05) is 36.8 Å². The quantitative estimate of drug-likeness (QED) is 0.430. The van der Waals surface area contributed by atoms with Gasteiger partial charge in [0.15, 0.2) is 5.13 Å². The first kappa shape index (κ1) is 21.8. The lowest BCUT2D eigenvalue weighted by Gasteiger charge is -2.24. The van der Waals surface area contributed by atoms with Gasteiger partial charge >= 0.3 is 0 Å². The Morgan fingerprint density at radius 1 is 1.00 bits per heavy atom. The number of thioether (sulfide) groups is 1. The highest BCUT2D eigenvalue weighted by atomic mass is 32.2. The van der Waals surface area contributed by atoms with E-state index in [4.69, 9.17) is 4.98 Å². The summed E-state index contributed by atoms with van der Waals surface area (Å²) in [6.07, 6.45) is 0. The van der Waals surface area contributed by atoms with Crippen molar-refractivity contribution in [3.8, 4) is 0 Å². The summed E-state index contributed by atoms with van der Waals surface area (Å²) >= 11 is 3.21. The van der Waals surface area contributed by atoms with Gasteiger partial charge in [-0.3, -0.25) is 9.69 Å². The molecule has 0 bridgehead atoms. The summed E-state index contributed by atoms with van der Waals surface area (Å²) in [7, 11) is 0. The van der Waals surface area contributed by atoms with Gasteiger partial charge in [-0.15, -0.1) is 11.8 Å². The van der Waals surface area contributed by atoms with Crippen LogP contribution >= 0.6 is 23.1 Å². The number of nitrogens with zero attached hydrogens (tertiary/aromatic N) is 3. The van der Waals surface area contributed by atoms with Crippen LogP contribution in [-0.2, 0) is 4.79 Å². The second-order valence-electron chi connectivity index (χ2n) is 7.05. The molecule has 3 rings (SSSR count). The van der Waals surface area contributed by atoms with Crippen LogP contribution in [0.4, 0.5) is 5.13 Å². The van der Waals surface area contributed by atoms with Crippen molar-refractivity contribution in [1.29, 1.82) is 0 Å². The van der Waals surface area contributed by atoms with Crippen molar-refractivity contribution in [2.24, 2.45) is 0 Å². The van der Waals surface area contributed by atoms with E-state index < -0.39 is 0 Å². The van der Waals surface area contributed by atoms with Crippen molar-refractivity contribution in [3.63, 3.8) is 0 Å². The van der Waals surface area contributed by atoms with Crippen LogP contribution in [0, 0.1) is 13.8 Å². The fraction of sp³-hybridized carbons (Fsp3) is 0.391. The number of aryl methyl sites for hydroxylation is 2. The molecule has 0 spiro atoms. The van der Waals surface area contributed by atoms with Gasteiger partial charge in [-0.05, 0) is 50.2 Å². The SMILES string of the molecule is CCN(CC)CCN(C(=O)CSc1ccccc1)c1nc2c(C)ccc(C)c2s1. The van der Waals surface area contributed by atoms with Gasteiger partial charge < -0.3 is 4.90 Å². The number of amides is 1. The Labute approximate surface area is 181 Å². The van der Waals surface area contributed by atoms with E-state index in [0.29, 0.717) is 12.3 Å². The Kier molecular flexibility index (Phi) is 7.70. The molecular formula is C23H29N3OS2. The molecule has 0 unspecified atom stereocenters. The number of rotatable bonds is 9. The zero-order chi connectivity index (χ0) is 20.8. The number of benzene rings is 2. The molecule has 0 aliphatic rings. The summed E-state index contributed by atoms with van der Waals surface area (Å²) in [6, 6.07) is 14.3. The van der Waals surface area contributed by atoms with Crippen LogP contribution in [-0.4, -0.2) is 47.7 Å².